The molecule has 8 nitrogen and oxygen atoms in total. The van der Waals surface area contributed by atoms with E-state index in [1.807, 2.05) is 0 Å². The topological polar surface area (TPSA) is 109 Å². The zero-order chi connectivity index (χ0) is 21.1. The summed E-state index contributed by atoms with van der Waals surface area (Å²) in [6.45, 7) is 0. The van der Waals surface area contributed by atoms with Crippen LogP contribution in [0.25, 0.3) is 22.6 Å². The molecule has 1 amide bonds. The number of pyridine rings is 1. The van der Waals surface area contributed by atoms with Gasteiger partial charge in [-0.15, -0.1) is 13.2 Å². The Kier molecular flexibility index (Phi) is 4.92. The van der Waals surface area contributed by atoms with Crippen LogP contribution >= 0.6 is 0 Å². The summed E-state index contributed by atoms with van der Waals surface area (Å²) in [6.07, 6.45) is -0.230. The van der Waals surface area contributed by atoms with Gasteiger partial charge in [-0.1, -0.05) is 0 Å². The standard InChI is InChI=1S/C19H13F3N6O2/c20-19(21,22)30-13-3-1-12(2-4-13)26-18(29)11-9-14(15-5-7-24-27-15)17(23-10-11)16-6-8-25-28-16/h1-10H,(H,24,27)(H,25,28)(H,26,29). The van der Waals surface area contributed by atoms with Crippen molar-refractivity contribution in [2.45, 2.75) is 6.36 Å². The molecule has 0 bridgehead atoms. The predicted molar refractivity (Wildman–Crippen MR) is 100 cm³/mol. The average molecular weight is 414 g/mol. The molecule has 11 heteroatoms. The van der Waals surface area contributed by atoms with Crippen LogP contribution < -0.4 is 10.1 Å². The molecular formula is C19H13F3N6O2. The highest BCUT2D eigenvalue weighted by atomic mass is 19.4. The van der Waals surface area contributed by atoms with Gasteiger partial charge in [0.1, 0.15) is 5.75 Å². The number of aromatic nitrogens is 5. The van der Waals surface area contributed by atoms with Crippen LogP contribution in [-0.2, 0) is 0 Å². The fourth-order valence-electron chi connectivity index (χ4n) is 2.75. The molecule has 0 fully saturated rings. The summed E-state index contributed by atoms with van der Waals surface area (Å²) in [7, 11) is 0. The second-order valence-corrected chi connectivity index (χ2v) is 6.09. The molecule has 4 aromatic rings. The SMILES string of the molecule is O=C(Nc1ccc(OC(F)(F)F)cc1)c1cnc(-c2ccn[nH]2)c(-c2ccn[nH]2)c1. The number of anilines is 1. The number of carbonyl (C=O) groups excluding carboxylic acids is 1. The van der Waals surface area contributed by atoms with Crippen molar-refractivity contribution in [3.05, 3.63) is 66.6 Å². The van der Waals surface area contributed by atoms with Gasteiger partial charge in [-0.3, -0.25) is 20.0 Å². The molecule has 0 saturated carbocycles. The number of amides is 1. The number of alkyl halides is 3. The molecular weight excluding hydrogens is 401 g/mol. The largest absolute Gasteiger partial charge is 0.573 e. The molecule has 0 aliphatic heterocycles. The molecule has 0 saturated heterocycles. The van der Waals surface area contributed by atoms with Gasteiger partial charge < -0.3 is 10.1 Å². The Balaban J connectivity index is 1.58. The smallest absolute Gasteiger partial charge is 0.406 e. The van der Waals surface area contributed by atoms with E-state index in [0.29, 0.717) is 28.3 Å². The Labute approximate surface area is 167 Å². The number of halogens is 3. The summed E-state index contributed by atoms with van der Waals surface area (Å²) in [5.74, 6) is -0.864. The van der Waals surface area contributed by atoms with Gasteiger partial charge in [0.2, 0.25) is 0 Å². The Morgan fingerprint density at radius 3 is 2.23 bits per heavy atom. The number of hydrogen-bond donors (Lipinski definition) is 3. The summed E-state index contributed by atoms with van der Waals surface area (Å²) in [6, 6.07) is 9.94. The third-order valence-corrected chi connectivity index (χ3v) is 4.04. The number of nitrogens with one attached hydrogen (secondary N) is 3. The second kappa shape index (κ2) is 7.70. The minimum Gasteiger partial charge on any atom is -0.406 e. The molecule has 30 heavy (non-hydrogen) atoms. The summed E-state index contributed by atoms with van der Waals surface area (Å²) in [5.41, 5.74) is 3.05. The lowest BCUT2D eigenvalue weighted by atomic mass is 10.1. The number of carbonyl (C=O) groups is 1. The van der Waals surface area contributed by atoms with Crippen LogP contribution in [0.3, 0.4) is 0 Å². The number of nitrogens with zero attached hydrogens (tertiary/aromatic N) is 3. The Morgan fingerprint density at radius 2 is 1.63 bits per heavy atom. The lowest BCUT2D eigenvalue weighted by Crippen LogP contribution is -2.17. The van der Waals surface area contributed by atoms with E-state index < -0.39 is 12.3 Å². The fourth-order valence-corrected chi connectivity index (χ4v) is 2.75. The van der Waals surface area contributed by atoms with E-state index in [0.717, 1.165) is 12.1 Å². The number of hydrogen-bond acceptors (Lipinski definition) is 5. The first-order chi connectivity index (χ1) is 14.4. The van der Waals surface area contributed by atoms with Crippen molar-refractivity contribution in [3.63, 3.8) is 0 Å². The molecule has 0 unspecified atom stereocenters. The first-order valence-corrected chi connectivity index (χ1v) is 8.56. The van der Waals surface area contributed by atoms with E-state index in [2.05, 4.69) is 35.4 Å². The van der Waals surface area contributed by atoms with Crippen LogP contribution in [0.15, 0.2) is 61.1 Å². The molecule has 4 rings (SSSR count). The third-order valence-electron chi connectivity index (χ3n) is 4.04. The number of rotatable bonds is 5. The van der Waals surface area contributed by atoms with Crippen LogP contribution in [0.2, 0.25) is 0 Å². The molecule has 1 aromatic carbocycles. The Hall–Kier alpha value is -4.15. The van der Waals surface area contributed by atoms with Crippen LogP contribution in [0.5, 0.6) is 5.75 Å². The molecule has 0 atom stereocenters. The summed E-state index contributed by atoms with van der Waals surface area (Å²) < 4.78 is 40.6. The van der Waals surface area contributed by atoms with Crippen molar-refractivity contribution in [1.82, 2.24) is 25.4 Å². The maximum absolute atomic E-state index is 12.6. The zero-order valence-electron chi connectivity index (χ0n) is 15.1. The van der Waals surface area contributed by atoms with Gasteiger partial charge >= 0.3 is 6.36 Å². The van der Waals surface area contributed by atoms with E-state index in [1.54, 1.807) is 30.6 Å². The van der Waals surface area contributed by atoms with Crippen LogP contribution in [0.4, 0.5) is 18.9 Å². The highest BCUT2D eigenvalue weighted by Gasteiger charge is 2.31. The fraction of sp³-hybridized carbons (Fsp3) is 0.0526. The highest BCUT2D eigenvalue weighted by Crippen LogP contribution is 2.29. The third kappa shape index (κ3) is 4.29. The van der Waals surface area contributed by atoms with Gasteiger partial charge in [0.05, 0.1) is 22.6 Å². The molecule has 3 heterocycles. The van der Waals surface area contributed by atoms with Gasteiger partial charge in [0.15, 0.2) is 0 Å². The maximum Gasteiger partial charge on any atom is 0.573 e. The van der Waals surface area contributed by atoms with Crippen molar-refractivity contribution < 1.29 is 22.7 Å². The Morgan fingerprint density at radius 1 is 0.967 bits per heavy atom. The molecule has 152 valence electrons. The van der Waals surface area contributed by atoms with Crippen molar-refractivity contribution >= 4 is 11.6 Å². The number of ether oxygens (including phenoxy) is 1. The molecule has 3 aromatic heterocycles. The zero-order valence-corrected chi connectivity index (χ0v) is 15.1. The van der Waals surface area contributed by atoms with E-state index in [1.165, 1.54) is 18.3 Å². The van der Waals surface area contributed by atoms with Gasteiger partial charge in [-0.25, -0.2) is 0 Å². The summed E-state index contributed by atoms with van der Waals surface area (Å²) >= 11 is 0. The van der Waals surface area contributed by atoms with Crippen LogP contribution in [-0.4, -0.2) is 37.6 Å². The first-order valence-electron chi connectivity index (χ1n) is 8.56. The molecule has 0 spiro atoms. The number of aromatic amines is 2. The average Bonchev–Trinajstić information content (AvgIpc) is 3.42. The van der Waals surface area contributed by atoms with Crippen molar-refractivity contribution in [2.75, 3.05) is 5.32 Å². The lowest BCUT2D eigenvalue weighted by Gasteiger charge is -2.11. The number of H-pyrrole nitrogens is 2. The van der Waals surface area contributed by atoms with Crippen molar-refractivity contribution in [2.24, 2.45) is 0 Å². The molecule has 3 N–H and O–H groups in total. The van der Waals surface area contributed by atoms with E-state index >= 15 is 0 Å². The monoisotopic (exact) mass is 414 g/mol. The van der Waals surface area contributed by atoms with Crippen LogP contribution in [0.1, 0.15) is 10.4 Å². The summed E-state index contributed by atoms with van der Waals surface area (Å²) in [5, 5.41) is 16.1. The molecule has 0 aliphatic rings. The van der Waals surface area contributed by atoms with E-state index in [4.69, 9.17) is 0 Å². The quantitative estimate of drug-likeness (QED) is 0.457. The molecule has 0 radical (unpaired) electrons. The van der Waals surface area contributed by atoms with Gasteiger partial charge in [0, 0.05) is 29.8 Å². The van der Waals surface area contributed by atoms with Crippen molar-refractivity contribution in [1.29, 1.82) is 0 Å². The molecule has 0 aliphatic carbocycles. The van der Waals surface area contributed by atoms with Gasteiger partial charge in [0.25, 0.3) is 5.91 Å². The normalized spacial score (nSPS) is 11.3. The summed E-state index contributed by atoms with van der Waals surface area (Å²) in [4.78, 5) is 17.0. The lowest BCUT2D eigenvalue weighted by molar-refractivity contribution is -0.274. The van der Waals surface area contributed by atoms with Crippen molar-refractivity contribution in [3.8, 4) is 28.4 Å². The van der Waals surface area contributed by atoms with Crippen LogP contribution in [0, 0.1) is 0 Å². The van der Waals surface area contributed by atoms with E-state index in [9.17, 15) is 18.0 Å². The highest BCUT2D eigenvalue weighted by molar-refractivity contribution is 6.05. The maximum atomic E-state index is 12.6. The van der Waals surface area contributed by atoms with E-state index in [-0.39, 0.29) is 11.3 Å². The first kappa shape index (κ1) is 19.2. The minimum absolute atomic E-state index is 0.249. The van der Waals surface area contributed by atoms with Gasteiger partial charge in [-0.05, 0) is 42.5 Å². The Bertz CT molecular complexity index is 1140. The minimum atomic E-state index is -4.78. The van der Waals surface area contributed by atoms with Gasteiger partial charge in [-0.2, -0.15) is 10.2 Å². The predicted octanol–water partition coefficient (Wildman–Crippen LogP) is 4.01. The number of benzene rings is 1. The second-order valence-electron chi connectivity index (χ2n) is 6.09.